The predicted octanol–water partition coefficient (Wildman–Crippen LogP) is 10.6. The molecular formula is C45H30N6. The molecule has 0 spiro atoms. The fraction of sp³-hybridized carbons (Fsp3) is 0. The molecular weight excluding hydrogens is 625 g/mol. The lowest BCUT2D eigenvalue weighted by molar-refractivity contribution is 1.03. The lowest BCUT2D eigenvalue weighted by Gasteiger charge is -2.11. The van der Waals surface area contributed by atoms with Gasteiger partial charge in [0.15, 0.2) is 5.82 Å². The lowest BCUT2D eigenvalue weighted by atomic mass is 10.0. The SMILES string of the molecule is c1ccc(-c2ccc(-c3cc(-c4ccc(-c5ccc(-n6c(-c7cccnc7)nc7ccccc76)nc5)cc4)nc(-c4ccccc4)n3)cc2)cc1. The van der Waals surface area contributed by atoms with Crippen molar-refractivity contribution in [3.8, 4) is 73.4 Å². The molecule has 240 valence electrons. The summed E-state index contributed by atoms with van der Waals surface area (Å²) in [6.07, 6.45) is 5.52. The Morgan fingerprint density at radius 3 is 1.57 bits per heavy atom. The van der Waals surface area contributed by atoms with Crippen LogP contribution >= 0.6 is 0 Å². The molecule has 0 N–H and O–H groups in total. The molecule has 6 heteroatoms. The molecule has 0 fully saturated rings. The molecule has 4 aromatic heterocycles. The Morgan fingerprint density at radius 2 is 0.941 bits per heavy atom. The summed E-state index contributed by atoms with van der Waals surface area (Å²) in [5, 5.41) is 0. The molecule has 0 saturated carbocycles. The molecule has 51 heavy (non-hydrogen) atoms. The normalized spacial score (nSPS) is 11.1. The number of para-hydroxylation sites is 2. The summed E-state index contributed by atoms with van der Waals surface area (Å²) in [5.74, 6) is 2.29. The second kappa shape index (κ2) is 13.1. The molecule has 0 aliphatic heterocycles. The third-order valence-corrected chi connectivity index (χ3v) is 9.02. The maximum Gasteiger partial charge on any atom is 0.160 e. The van der Waals surface area contributed by atoms with Gasteiger partial charge in [-0.05, 0) is 59.2 Å². The Bertz CT molecular complexity index is 2580. The van der Waals surface area contributed by atoms with Crippen molar-refractivity contribution in [3.63, 3.8) is 0 Å². The third-order valence-electron chi connectivity index (χ3n) is 9.02. The first kappa shape index (κ1) is 30.0. The Hall–Kier alpha value is -7.05. The molecule has 0 bridgehead atoms. The van der Waals surface area contributed by atoms with Crippen LogP contribution in [0, 0.1) is 0 Å². The molecule has 0 amide bonds. The highest BCUT2D eigenvalue weighted by Gasteiger charge is 2.16. The summed E-state index contributed by atoms with van der Waals surface area (Å²) < 4.78 is 2.09. The predicted molar refractivity (Wildman–Crippen MR) is 205 cm³/mol. The van der Waals surface area contributed by atoms with Gasteiger partial charge in [0.1, 0.15) is 11.6 Å². The molecule has 0 atom stereocenters. The number of imidazole rings is 1. The number of rotatable bonds is 7. The van der Waals surface area contributed by atoms with Gasteiger partial charge in [-0.3, -0.25) is 9.55 Å². The van der Waals surface area contributed by atoms with Crippen molar-refractivity contribution in [1.82, 2.24) is 29.5 Å². The number of fused-ring (bicyclic) bond motifs is 1. The van der Waals surface area contributed by atoms with Crippen LogP contribution in [-0.2, 0) is 0 Å². The zero-order chi connectivity index (χ0) is 34.0. The molecule has 4 heterocycles. The van der Waals surface area contributed by atoms with E-state index in [1.54, 1.807) is 6.20 Å². The summed E-state index contributed by atoms with van der Waals surface area (Å²) in [6.45, 7) is 0. The number of benzene rings is 5. The zero-order valence-electron chi connectivity index (χ0n) is 27.5. The average molecular weight is 655 g/mol. The highest BCUT2D eigenvalue weighted by atomic mass is 15.1. The van der Waals surface area contributed by atoms with Crippen molar-refractivity contribution in [2.75, 3.05) is 0 Å². The van der Waals surface area contributed by atoms with E-state index in [1.165, 1.54) is 11.1 Å². The van der Waals surface area contributed by atoms with Gasteiger partial charge in [0.2, 0.25) is 0 Å². The number of aromatic nitrogens is 6. The molecule has 9 aromatic rings. The zero-order valence-corrected chi connectivity index (χ0v) is 27.5. The quantitative estimate of drug-likeness (QED) is 0.171. The highest BCUT2D eigenvalue weighted by Crippen LogP contribution is 2.32. The number of pyridine rings is 2. The molecule has 0 aliphatic carbocycles. The van der Waals surface area contributed by atoms with E-state index in [2.05, 4.69) is 101 Å². The number of nitrogens with zero attached hydrogens (tertiary/aromatic N) is 6. The molecule has 0 aliphatic rings. The minimum atomic E-state index is 0.691. The first-order chi connectivity index (χ1) is 25.3. The van der Waals surface area contributed by atoms with Gasteiger partial charge in [0.05, 0.1) is 22.4 Å². The van der Waals surface area contributed by atoms with Crippen molar-refractivity contribution in [2.45, 2.75) is 0 Å². The van der Waals surface area contributed by atoms with E-state index >= 15 is 0 Å². The van der Waals surface area contributed by atoms with Crippen LogP contribution < -0.4 is 0 Å². The fourth-order valence-corrected chi connectivity index (χ4v) is 6.39. The summed E-state index contributed by atoms with van der Waals surface area (Å²) in [7, 11) is 0. The Balaban J connectivity index is 1.04. The van der Waals surface area contributed by atoms with Crippen LogP contribution in [0.2, 0.25) is 0 Å². The van der Waals surface area contributed by atoms with Crippen molar-refractivity contribution in [2.24, 2.45) is 0 Å². The van der Waals surface area contributed by atoms with Crippen LogP contribution in [0.15, 0.2) is 182 Å². The van der Waals surface area contributed by atoms with Gasteiger partial charge in [0, 0.05) is 46.4 Å². The first-order valence-electron chi connectivity index (χ1n) is 16.8. The van der Waals surface area contributed by atoms with Crippen LogP contribution in [0.1, 0.15) is 0 Å². The maximum absolute atomic E-state index is 5.03. The minimum absolute atomic E-state index is 0.691. The topological polar surface area (TPSA) is 69.4 Å². The van der Waals surface area contributed by atoms with E-state index in [-0.39, 0.29) is 0 Å². The van der Waals surface area contributed by atoms with Gasteiger partial charge >= 0.3 is 0 Å². The van der Waals surface area contributed by atoms with E-state index in [0.717, 1.165) is 67.4 Å². The van der Waals surface area contributed by atoms with Crippen LogP contribution in [0.25, 0.3) is 84.4 Å². The largest absolute Gasteiger partial charge is 0.276 e. The van der Waals surface area contributed by atoms with Crippen molar-refractivity contribution >= 4 is 11.0 Å². The smallest absolute Gasteiger partial charge is 0.160 e. The summed E-state index contributed by atoms with van der Waals surface area (Å²) in [5.41, 5.74) is 12.0. The van der Waals surface area contributed by atoms with E-state index in [0.29, 0.717) is 5.82 Å². The van der Waals surface area contributed by atoms with E-state index in [9.17, 15) is 0 Å². The molecule has 0 saturated heterocycles. The lowest BCUT2D eigenvalue weighted by Crippen LogP contribution is -2.00. The summed E-state index contributed by atoms with van der Waals surface area (Å²) >= 11 is 0. The third kappa shape index (κ3) is 5.96. The molecule has 0 radical (unpaired) electrons. The summed E-state index contributed by atoms with van der Waals surface area (Å²) in [6, 6.07) is 55.9. The van der Waals surface area contributed by atoms with Crippen molar-refractivity contribution in [3.05, 3.63) is 182 Å². The standard InChI is InChI=1S/C45H30N6/c1-3-10-31(11-4-1)32-17-21-34(22-18-32)40-28-41(49-44(48-40)36-12-5-2-6-13-36)35-23-19-33(20-24-35)37-25-26-43(47-30-37)51-42-16-8-7-15-39(42)50-45(51)38-14-9-27-46-29-38/h1-30H. The van der Waals surface area contributed by atoms with Gasteiger partial charge in [-0.25, -0.2) is 19.9 Å². The molecule has 0 unspecified atom stereocenters. The number of hydrogen-bond acceptors (Lipinski definition) is 5. The van der Waals surface area contributed by atoms with Crippen LogP contribution in [0.5, 0.6) is 0 Å². The molecule has 6 nitrogen and oxygen atoms in total. The van der Waals surface area contributed by atoms with Gasteiger partial charge < -0.3 is 0 Å². The van der Waals surface area contributed by atoms with Gasteiger partial charge in [-0.15, -0.1) is 0 Å². The van der Waals surface area contributed by atoms with E-state index in [1.807, 2.05) is 85.2 Å². The van der Waals surface area contributed by atoms with Gasteiger partial charge in [0.25, 0.3) is 0 Å². The van der Waals surface area contributed by atoms with Crippen LogP contribution in [-0.4, -0.2) is 29.5 Å². The Kier molecular flexibility index (Phi) is 7.72. The van der Waals surface area contributed by atoms with Crippen LogP contribution in [0.3, 0.4) is 0 Å². The maximum atomic E-state index is 5.03. The van der Waals surface area contributed by atoms with E-state index < -0.39 is 0 Å². The minimum Gasteiger partial charge on any atom is -0.276 e. The second-order valence-electron chi connectivity index (χ2n) is 12.3. The monoisotopic (exact) mass is 654 g/mol. The van der Waals surface area contributed by atoms with Crippen molar-refractivity contribution < 1.29 is 0 Å². The number of hydrogen-bond donors (Lipinski definition) is 0. The Morgan fingerprint density at radius 1 is 0.392 bits per heavy atom. The summed E-state index contributed by atoms with van der Waals surface area (Å²) in [4.78, 5) is 24.2. The molecule has 5 aromatic carbocycles. The first-order valence-corrected chi connectivity index (χ1v) is 16.8. The highest BCUT2D eigenvalue weighted by molar-refractivity contribution is 5.83. The van der Waals surface area contributed by atoms with Gasteiger partial charge in [-0.1, -0.05) is 121 Å². The average Bonchev–Trinajstić information content (AvgIpc) is 3.62. The fourth-order valence-electron chi connectivity index (χ4n) is 6.39. The van der Waals surface area contributed by atoms with Crippen LogP contribution in [0.4, 0.5) is 0 Å². The second-order valence-corrected chi connectivity index (χ2v) is 12.3. The Labute approximate surface area is 295 Å². The molecule has 9 rings (SSSR count). The van der Waals surface area contributed by atoms with Crippen molar-refractivity contribution in [1.29, 1.82) is 0 Å². The van der Waals surface area contributed by atoms with Gasteiger partial charge in [-0.2, -0.15) is 0 Å². The van der Waals surface area contributed by atoms with E-state index in [4.69, 9.17) is 19.9 Å².